The molecule has 0 N–H and O–H groups in total. The fourth-order valence-corrected chi connectivity index (χ4v) is 2.44. The maximum absolute atomic E-state index is 13.5. The van der Waals surface area contributed by atoms with E-state index in [1.165, 1.54) is 0 Å². The molecule has 2 rings (SSSR count). The van der Waals surface area contributed by atoms with E-state index in [0.29, 0.717) is 6.42 Å². The van der Waals surface area contributed by atoms with Gasteiger partial charge in [-0.1, -0.05) is 13.3 Å². The van der Waals surface area contributed by atoms with Crippen molar-refractivity contribution in [2.75, 3.05) is 0 Å². The van der Waals surface area contributed by atoms with E-state index in [-0.39, 0.29) is 5.92 Å². The highest BCUT2D eigenvalue weighted by atomic mass is 19.2. The van der Waals surface area contributed by atoms with Crippen molar-refractivity contribution in [3.63, 3.8) is 0 Å². The van der Waals surface area contributed by atoms with Crippen LogP contribution in [0.3, 0.4) is 0 Å². The molecule has 0 saturated heterocycles. The van der Waals surface area contributed by atoms with E-state index in [1.54, 1.807) is 6.92 Å². The molecule has 1 saturated carbocycles. The molecule has 21 heavy (non-hydrogen) atoms. The summed E-state index contributed by atoms with van der Waals surface area (Å²) in [6.07, 6.45) is 2.41. The van der Waals surface area contributed by atoms with Gasteiger partial charge >= 0.3 is 5.97 Å². The van der Waals surface area contributed by atoms with Crippen molar-refractivity contribution in [1.82, 2.24) is 0 Å². The van der Waals surface area contributed by atoms with Gasteiger partial charge < -0.3 is 4.74 Å². The van der Waals surface area contributed by atoms with Crippen LogP contribution in [0.5, 0.6) is 0 Å². The van der Waals surface area contributed by atoms with Crippen molar-refractivity contribution < 1.29 is 31.5 Å². The van der Waals surface area contributed by atoms with Crippen LogP contribution in [-0.2, 0) is 4.74 Å². The number of esters is 1. The van der Waals surface area contributed by atoms with Gasteiger partial charge in [0.1, 0.15) is 11.7 Å². The molecule has 0 aromatic heterocycles. The molecule has 116 valence electrons. The number of ether oxygens (including phenoxy) is 1. The lowest BCUT2D eigenvalue weighted by molar-refractivity contribution is 0.00361. The second kappa shape index (κ2) is 5.99. The molecule has 1 aliphatic carbocycles. The van der Waals surface area contributed by atoms with Crippen LogP contribution >= 0.6 is 0 Å². The Kier molecular flexibility index (Phi) is 4.49. The van der Waals surface area contributed by atoms with Crippen molar-refractivity contribution >= 4 is 5.97 Å². The number of hydrogen-bond donors (Lipinski definition) is 0. The first-order valence-corrected chi connectivity index (χ1v) is 6.57. The lowest BCUT2D eigenvalue weighted by Gasteiger charge is -2.28. The van der Waals surface area contributed by atoms with Crippen molar-refractivity contribution in [2.45, 2.75) is 38.7 Å². The molecule has 0 radical (unpaired) electrons. The third-order valence-corrected chi connectivity index (χ3v) is 3.71. The van der Waals surface area contributed by atoms with Gasteiger partial charge in [0.05, 0.1) is 0 Å². The summed E-state index contributed by atoms with van der Waals surface area (Å²) in [5, 5.41) is 0. The monoisotopic (exact) mass is 308 g/mol. The molecule has 2 nitrogen and oxygen atoms in total. The van der Waals surface area contributed by atoms with Crippen LogP contribution in [-0.4, -0.2) is 12.1 Å². The van der Waals surface area contributed by atoms with Crippen molar-refractivity contribution in [3.05, 3.63) is 34.6 Å². The molecule has 0 aliphatic heterocycles. The summed E-state index contributed by atoms with van der Waals surface area (Å²) in [4.78, 5) is 11.8. The molecule has 1 aromatic rings. The Morgan fingerprint density at radius 2 is 1.38 bits per heavy atom. The zero-order valence-electron chi connectivity index (χ0n) is 11.2. The Balaban J connectivity index is 2.31. The summed E-state index contributed by atoms with van der Waals surface area (Å²) in [7, 11) is 0. The Hall–Kier alpha value is -1.66. The van der Waals surface area contributed by atoms with Gasteiger partial charge in [-0.3, -0.25) is 0 Å². The summed E-state index contributed by atoms with van der Waals surface area (Å²) in [5.41, 5.74) is -1.54. The number of carbonyl (C=O) groups excluding carboxylic acids is 1. The van der Waals surface area contributed by atoms with E-state index >= 15 is 0 Å². The van der Waals surface area contributed by atoms with Crippen LogP contribution in [0.2, 0.25) is 0 Å². The van der Waals surface area contributed by atoms with Gasteiger partial charge in [0.25, 0.3) is 0 Å². The minimum atomic E-state index is -2.30. The summed E-state index contributed by atoms with van der Waals surface area (Å²) in [6, 6.07) is 0. The topological polar surface area (TPSA) is 26.3 Å². The first-order chi connectivity index (χ1) is 9.84. The maximum atomic E-state index is 13.5. The minimum Gasteiger partial charge on any atom is -0.458 e. The van der Waals surface area contributed by atoms with Gasteiger partial charge in [-0.25, -0.2) is 26.7 Å². The maximum Gasteiger partial charge on any atom is 0.344 e. The van der Waals surface area contributed by atoms with Gasteiger partial charge in [-0.15, -0.1) is 0 Å². The van der Waals surface area contributed by atoms with Crippen molar-refractivity contribution in [1.29, 1.82) is 0 Å². The average molecular weight is 308 g/mol. The predicted octanol–water partition coefficient (Wildman–Crippen LogP) is 4.12. The van der Waals surface area contributed by atoms with Crippen LogP contribution in [0.25, 0.3) is 0 Å². The number of halogens is 5. The molecule has 2 unspecified atom stereocenters. The quantitative estimate of drug-likeness (QED) is 0.355. The first kappa shape index (κ1) is 15.7. The van der Waals surface area contributed by atoms with Gasteiger partial charge in [0.2, 0.25) is 5.82 Å². The molecule has 0 spiro atoms. The largest absolute Gasteiger partial charge is 0.458 e. The molecule has 7 heteroatoms. The first-order valence-electron chi connectivity index (χ1n) is 6.57. The molecule has 0 amide bonds. The molecule has 1 aliphatic rings. The predicted molar refractivity (Wildman–Crippen MR) is 63.1 cm³/mol. The van der Waals surface area contributed by atoms with Crippen LogP contribution in [0.15, 0.2) is 0 Å². The second-order valence-corrected chi connectivity index (χ2v) is 5.15. The molecule has 2 atom stereocenters. The zero-order valence-corrected chi connectivity index (χ0v) is 11.2. The molecule has 0 bridgehead atoms. The average Bonchev–Trinajstić information content (AvgIpc) is 2.46. The van der Waals surface area contributed by atoms with E-state index in [1.807, 2.05) is 0 Å². The van der Waals surface area contributed by atoms with E-state index < -0.39 is 46.7 Å². The van der Waals surface area contributed by atoms with E-state index in [2.05, 4.69) is 0 Å². The van der Waals surface area contributed by atoms with Crippen molar-refractivity contribution in [3.8, 4) is 0 Å². The summed E-state index contributed by atoms with van der Waals surface area (Å²) in [5.74, 6) is -12.5. The number of benzene rings is 1. The number of rotatable bonds is 2. The summed E-state index contributed by atoms with van der Waals surface area (Å²) >= 11 is 0. The third kappa shape index (κ3) is 2.87. The smallest absolute Gasteiger partial charge is 0.344 e. The fraction of sp³-hybridized carbons (Fsp3) is 0.500. The SMILES string of the molecule is CC1CCCCC1OC(=O)c1c(F)c(F)c(F)c(F)c1F. The second-order valence-electron chi connectivity index (χ2n) is 5.15. The zero-order chi connectivity index (χ0) is 15.7. The Bertz CT molecular complexity index is 544. The highest BCUT2D eigenvalue weighted by Crippen LogP contribution is 2.29. The molecule has 1 fully saturated rings. The normalized spacial score (nSPS) is 22.2. The van der Waals surface area contributed by atoms with Crippen LogP contribution < -0.4 is 0 Å². The Morgan fingerprint density at radius 1 is 0.905 bits per heavy atom. The van der Waals surface area contributed by atoms with Gasteiger partial charge in [0, 0.05) is 0 Å². The molecule has 0 heterocycles. The number of carbonyl (C=O) groups is 1. The summed E-state index contributed by atoms with van der Waals surface area (Å²) in [6.45, 7) is 1.80. The summed E-state index contributed by atoms with van der Waals surface area (Å²) < 4.78 is 70.9. The molecular weight excluding hydrogens is 295 g/mol. The van der Waals surface area contributed by atoms with Crippen LogP contribution in [0.1, 0.15) is 43.0 Å². The highest BCUT2D eigenvalue weighted by molar-refractivity contribution is 5.90. The third-order valence-electron chi connectivity index (χ3n) is 3.71. The van der Waals surface area contributed by atoms with Gasteiger partial charge in [0.15, 0.2) is 23.3 Å². The van der Waals surface area contributed by atoms with Crippen LogP contribution in [0.4, 0.5) is 22.0 Å². The molecular formula is C14H13F5O2. The van der Waals surface area contributed by atoms with Gasteiger partial charge in [-0.05, 0) is 25.2 Å². The van der Waals surface area contributed by atoms with Crippen LogP contribution in [0, 0.1) is 35.0 Å². The minimum absolute atomic E-state index is 0.0241. The Labute approximate surface area is 117 Å². The van der Waals surface area contributed by atoms with Gasteiger partial charge in [-0.2, -0.15) is 0 Å². The van der Waals surface area contributed by atoms with E-state index in [9.17, 15) is 26.7 Å². The van der Waals surface area contributed by atoms with Crippen molar-refractivity contribution in [2.24, 2.45) is 5.92 Å². The lowest BCUT2D eigenvalue weighted by atomic mass is 9.88. The van der Waals surface area contributed by atoms with E-state index in [4.69, 9.17) is 4.74 Å². The Morgan fingerprint density at radius 3 is 1.90 bits per heavy atom. The highest BCUT2D eigenvalue weighted by Gasteiger charge is 2.33. The standard InChI is InChI=1S/C14H13F5O2/c1-6-4-2-3-5-7(6)21-14(20)8-9(15)11(17)13(19)12(18)10(8)16/h6-7H,2-5H2,1H3. The van der Waals surface area contributed by atoms with E-state index in [0.717, 1.165) is 19.3 Å². The molecule has 1 aromatic carbocycles. The fourth-order valence-electron chi connectivity index (χ4n) is 2.44. The lowest BCUT2D eigenvalue weighted by Crippen LogP contribution is -2.29. The number of hydrogen-bond acceptors (Lipinski definition) is 2.